The highest BCUT2D eigenvalue weighted by Crippen LogP contribution is 2.21. The van der Waals surface area contributed by atoms with Crippen molar-refractivity contribution in [2.45, 2.75) is 6.61 Å². The van der Waals surface area contributed by atoms with Crippen molar-refractivity contribution < 1.29 is 18.3 Å². The Morgan fingerprint density at radius 1 is 1.46 bits per heavy atom. The van der Waals surface area contributed by atoms with Crippen LogP contribution in [-0.2, 0) is 0 Å². The van der Waals surface area contributed by atoms with Crippen LogP contribution in [0.25, 0.3) is 0 Å². The Balaban J connectivity index is 2.99. The molecule has 70 valence electrons. The summed E-state index contributed by atoms with van der Waals surface area (Å²) in [5.74, 6) is -0.167. The second-order valence-electron chi connectivity index (χ2n) is 2.29. The van der Waals surface area contributed by atoms with Crippen LogP contribution < -0.4 is 10.5 Å². The second-order valence-corrected chi connectivity index (χ2v) is 2.29. The molecule has 1 aromatic carbocycles. The van der Waals surface area contributed by atoms with Gasteiger partial charge in [0.15, 0.2) is 6.29 Å². The minimum absolute atomic E-state index is 0.0142. The van der Waals surface area contributed by atoms with E-state index in [-0.39, 0.29) is 11.3 Å². The van der Waals surface area contributed by atoms with Gasteiger partial charge in [0.2, 0.25) is 0 Å². The Kier molecular flexibility index (Phi) is 2.79. The summed E-state index contributed by atoms with van der Waals surface area (Å²) < 4.78 is 27.6. The summed E-state index contributed by atoms with van der Waals surface area (Å²) in [4.78, 5) is 10.4. The molecular formula is C8H7F2NO2. The van der Waals surface area contributed by atoms with Crippen LogP contribution in [0.3, 0.4) is 0 Å². The normalized spacial score (nSPS) is 10.1. The van der Waals surface area contributed by atoms with Crippen molar-refractivity contribution in [2.75, 3.05) is 5.73 Å². The van der Waals surface area contributed by atoms with E-state index in [9.17, 15) is 13.6 Å². The zero-order chi connectivity index (χ0) is 9.84. The van der Waals surface area contributed by atoms with Gasteiger partial charge in [-0.1, -0.05) is 0 Å². The van der Waals surface area contributed by atoms with E-state index in [1.54, 1.807) is 0 Å². The maximum absolute atomic E-state index is 11.8. The predicted molar refractivity (Wildman–Crippen MR) is 42.9 cm³/mol. The van der Waals surface area contributed by atoms with Gasteiger partial charge in [-0.2, -0.15) is 8.78 Å². The summed E-state index contributed by atoms with van der Waals surface area (Å²) in [7, 11) is 0. The Bertz CT molecular complexity index is 315. The van der Waals surface area contributed by atoms with Gasteiger partial charge >= 0.3 is 6.61 Å². The van der Waals surface area contributed by atoms with Gasteiger partial charge in [0.25, 0.3) is 0 Å². The zero-order valence-electron chi connectivity index (χ0n) is 6.54. The van der Waals surface area contributed by atoms with Crippen molar-refractivity contribution in [3.63, 3.8) is 0 Å². The third-order valence-electron chi connectivity index (χ3n) is 1.38. The smallest absolute Gasteiger partial charge is 0.387 e. The molecule has 0 aliphatic rings. The molecule has 0 radical (unpaired) electrons. The summed E-state index contributed by atoms with van der Waals surface area (Å²) in [5, 5.41) is 0. The van der Waals surface area contributed by atoms with Gasteiger partial charge in [0.05, 0.1) is 5.56 Å². The minimum atomic E-state index is -2.94. The Morgan fingerprint density at radius 3 is 2.69 bits per heavy atom. The fraction of sp³-hybridized carbons (Fsp3) is 0.125. The van der Waals surface area contributed by atoms with Gasteiger partial charge in [-0.25, -0.2) is 0 Å². The Labute approximate surface area is 73.1 Å². The van der Waals surface area contributed by atoms with Gasteiger partial charge in [-0.15, -0.1) is 0 Å². The monoisotopic (exact) mass is 187 g/mol. The van der Waals surface area contributed by atoms with Crippen LogP contribution in [0, 0.1) is 0 Å². The molecule has 0 fully saturated rings. The first-order valence-corrected chi connectivity index (χ1v) is 3.43. The lowest BCUT2D eigenvalue weighted by Crippen LogP contribution is -2.04. The second kappa shape index (κ2) is 3.84. The summed E-state index contributed by atoms with van der Waals surface area (Å²) in [5.41, 5.74) is 5.67. The molecule has 0 unspecified atom stereocenters. The van der Waals surface area contributed by atoms with Crippen LogP contribution in [0.5, 0.6) is 5.75 Å². The molecule has 0 spiro atoms. The van der Waals surface area contributed by atoms with Crippen LogP contribution >= 0.6 is 0 Å². The molecule has 0 amide bonds. The topological polar surface area (TPSA) is 52.3 Å². The van der Waals surface area contributed by atoms with E-state index in [2.05, 4.69) is 4.74 Å². The number of carbonyl (C=O) groups is 1. The van der Waals surface area contributed by atoms with Crippen molar-refractivity contribution >= 4 is 12.0 Å². The molecule has 0 saturated carbocycles. The first-order valence-electron chi connectivity index (χ1n) is 3.43. The van der Waals surface area contributed by atoms with Crippen LogP contribution in [0.2, 0.25) is 0 Å². The standard InChI is InChI=1S/C8H7F2NO2/c9-8(10)13-7-2-1-6(11)3-5(7)4-12/h1-4,8H,11H2. The largest absolute Gasteiger partial charge is 0.434 e. The number of carbonyl (C=O) groups excluding carboxylic acids is 1. The van der Waals surface area contributed by atoms with Crippen LogP contribution in [-0.4, -0.2) is 12.9 Å². The molecule has 3 nitrogen and oxygen atoms in total. The first-order chi connectivity index (χ1) is 6.13. The van der Waals surface area contributed by atoms with Crippen molar-refractivity contribution in [2.24, 2.45) is 0 Å². The fourth-order valence-electron chi connectivity index (χ4n) is 0.862. The highest BCUT2D eigenvalue weighted by atomic mass is 19.3. The number of hydrogen-bond donors (Lipinski definition) is 1. The number of benzene rings is 1. The molecule has 1 rings (SSSR count). The molecule has 0 bridgehead atoms. The van der Waals surface area contributed by atoms with E-state index >= 15 is 0 Å². The van der Waals surface area contributed by atoms with Gasteiger partial charge in [0, 0.05) is 5.69 Å². The molecular weight excluding hydrogens is 180 g/mol. The number of nitrogen functional groups attached to an aromatic ring is 1. The van der Waals surface area contributed by atoms with Crippen LogP contribution in [0.1, 0.15) is 10.4 Å². The third kappa shape index (κ3) is 2.40. The number of rotatable bonds is 3. The Morgan fingerprint density at radius 2 is 2.15 bits per heavy atom. The minimum Gasteiger partial charge on any atom is -0.434 e. The Hall–Kier alpha value is -1.65. The molecule has 2 N–H and O–H groups in total. The van der Waals surface area contributed by atoms with Gasteiger partial charge < -0.3 is 10.5 Å². The average Bonchev–Trinajstić information content (AvgIpc) is 2.07. The molecule has 0 atom stereocenters. The number of nitrogens with two attached hydrogens (primary N) is 1. The van der Waals surface area contributed by atoms with Crippen molar-refractivity contribution in [1.82, 2.24) is 0 Å². The van der Waals surface area contributed by atoms with Crippen molar-refractivity contribution in [3.8, 4) is 5.75 Å². The quantitative estimate of drug-likeness (QED) is 0.578. The number of halogens is 2. The van der Waals surface area contributed by atoms with E-state index in [0.717, 1.165) is 0 Å². The maximum atomic E-state index is 11.8. The summed E-state index contributed by atoms with van der Waals surface area (Å²) in [6.45, 7) is -2.94. The van der Waals surface area contributed by atoms with Gasteiger partial charge in [-0.05, 0) is 18.2 Å². The highest BCUT2D eigenvalue weighted by molar-refractivity contribution is 5.81. The first kappa shape index (κ1) is 9.44. The molecule has 5 heteroatoms. The molecule has 0 aliphatic carbocycles. The number of alkyl halides is 2. The summed E-state index contributed by atoms with van der Waals surface area (Å²) >= 11 is 0. The van der Waals surface area contributed by atoms with Crippen molar-refractivity contribution in [1.29, 1.82) is 0 Å². The number of hydrogen-bond acceptors (Lipinski definition) is 3. The summed E-state index contributed by atoms with van der Waals surface area (Å²) in [6, 6.07) is 3.88. The van der Waals surface area contributed by atoms with E-state index in [0.29, 0.717) is 12.0 Å². The number of aldehydes is 1. The SMILES string of the molecule is Nc1ccc(OC(F)F)c(C=O)c1. The van der Waals surface area contributed by atoms with Gasteiger partial charge in [-0.3, -0.25) is 4.79 Å². The van der Waals surface area contributed by atoms with E-state index in [1.165, 1.54) is 18.2 Å². The summed E-state index contributed by atoms with van der Waals surface area (Å²) in [6.07, 6.45) is 0.411. The fourth-order valence-corrected chi connectivity index (χ4v) is 0.862. The molecule has 0 saturated heterocycles. The molecule has 0 aliphatic heterocycles. The van der Waals surface area contributed by atoms with Crippen LogP contribution in [0.4, 0.5) is 14.5 Å². The van der Waals surface area contributed by atoms with Crippen molar-refractivity contribution in [3.05, 3.63) is 23.8 Å². The number of ether oxygens (including phenoxy) is 1. The lowest BCUT2D eigenvalue weighted by atomic mass is 10.2. The maximum Gasteiger partial charge on any atom is 0.387 e. The highest BCUT2D eigenvalue weighted by Gasteiger charge is 2.08. The van der Waals surface area contributed by atoms with Crippen LogP contribution in [0.15, 0.2) is 18.2 Å². The number of anilines is 1. The average molecular weight is 187 g/mol. The predicted octanol–water partition coefficient (Wildman–Crippen LogP) is 1.68. The molecule has 13 heavy (non-hydrogen) atoms. The van der Waals surface area contributed by atoms with Gasteiger partial charge in [0.1, 0.15) is 5.75 Å². The third-order valence-corrected chi connectivity index (χ3v) is 1.38. The molecule has 1 aromatic rings. The van der Waals surface area contributed by atoms with E-state index in [4.69, 9.17) is 5.73 Å². The molecule has 0 heterocycles. The zero-order valence-corrected chi connectivity index (χ0v) is 6.54. The van der Waals surface area contributed by atoms with E-state index in [1.807, 2.05) is 0 Å². The lowest BCUT2D eigenvalue weighted by Gasteiger charge is -2.06. The lowest BCUT2D eigenvalue weighted by molar-refractivity contribution is -0.0500. The molecule has 0 aromatic heterocycles. The van der Waals surface area contributed by atoms with E-state index < -0.39 is 6.61 Å².